The van der Waals surface area contributed by atoms with Crippen molar-refractivity contribution in [1.29, 1.82) is 0 Å². The Bertz CT molecular complexity index is 595. The van der Waals surface area contributed by atoms with Crippen LogP contribution in [0.3, 0.4) is 0 Å². The van der Waals surface area contributed by atoms with Crippen molar-refractivity contribution in [1.82, 2.24) is 9.47 Å². The van der Waals surface area contributed by atoms with Gasteiger partial charge in [-0.2, -0.15) is 0 Å². The van der Waals surface area contributed by atoms with Crippen LogP contribution in [-0.4, -0.2) is 54.3 Å². The van der Waals surface area contributed by atoms with E-state index in [2.05, 4.69) is 4.74 Å². The average Bonchev–Trinajstić information content (AvgIpc) is 2.49. The van der Waals surface area contributed by atoms with E-state index in [1.165, 1.54) is 17.7 Å². The van der Waals surface area contributed by atoms with E-state index in [9.17, 15) is 14.4 Å². The smallest absolute Gasteiger partial charge is 0.308 e. The minimum atomic E-state index is -0.373. The van der Waals surface area contributed by atoms with Crippen LogP contribution in [0.15, 0.2) is 23.1 Å². The quantitative estimate of drug-likeness (QED) is 0.721. The number of ether oxygens (including phenoxy) is 2. The molecule has 1 unspecified atom stereocenters. The van der Waals surface area contributed by atoms with Crippen molar-refractivity contribution in [3.8, 4) is 0 Å². The zero-order chi connectivity index (χ0) is 15.4. The van der Waals surface area contributed by atoms with Gasteiger partial charge in [-0.1, -0.05) is 0 Å². The van der Waals surface area contributed by atoms with Gasteiger partial charge in [0.15, 0.2) is 0 Å². The van der Waals surface area contributed by atoms with Gasteiger partial charge in [-0.3, -0.25) is 14.4 Å². The van der Waals surface area contributed by atoms with Gasteiger partial charge in [0.2, 0.25) is 0 Å². The molecule has 7 nitrogen and oxygen atoms in total. The molecule has 0 spiro atoms. The van der Waals surface area contributed by atoms with E-state index >= 15 is 0 Å². The molecule has 0 saturated carbocycles. The molecule has 2 rings (SSSR count). The molecule has 0 aliphatic carbocycles. The first kappa shape index (κ1) is 15.2. The van der Waals surface area contributed by atoms with Crippen LogP contribution in [0, 0.1) is 0 Å². The minimum absolute atomic E-state index is 0.108. The Morgan fingerprint density at radius 3 is 2.90 bits per heavy atom. The Balaban J connectivity index is 2.06. The molecule has 0 radical (unpaired) electrons. The van der Waals surface area contributed by atoms with E-state index in [1.54, 1.807) is 24.2 Å². The van der Waals surface area contributed by atoms with E-state index < -0.39 is 0 Å². The molecular formula is C14H18N2O5. The third kappa shape index (κ3) is 3.69. The number of aromatic nitrogens is 1. The van der Waals surface area contributed by atoms with Crippen LogP contribution in [-0.2, 0) is 21.3 Å². The second-order valence-electron chi connectivity index (χ2n) is 4.89. The topological polar surface area (TPSA) is 77.8 Å². The summed E-state index contributed by atoms with van der Waals surface area (Å²) in [7, 11) is 2.94. The van der Waals surface area contributed by atoms with Crippen LogP contribution in [0.5, 0.6) is 0 Å². The molecule has 1 aromatic rings. The fraction of sp³-hybridized carbons (Fsp3) is 0.500. The molecule has 1 aliphatic heterocycles. The highest BCUT2D eigenvalue weighted by atomic mass is 16.5. The molecule has 0 bridgehead atoms. The number of amides is 1. The number of hydrogen-bond acceptors (Lipinski definition) is 5. The molecular weight excluding hydrogens is 276 g/mol. The predicted octanol–water partition coefficient (Wildman–Crippen LogP) is -0.211. The van der Waals surface area contributed by atoms with E-state index in [4.69, 9.17) is 4.74 Å². The number of morpholine rings is 1. The number of aryl methyl sites for hydroxylation is 1. The van der Waals surface area contributed by atoms with Gasteiger partial charge >= 0.3 is 5.97 Å². The van der Waals surface area contributed by atoms with Gasteiger partial charge < -0.3 is 18.9 Å². The Labute approximate surface area is 122 Å². The molecule has 1 atom stereocenters. The summed E-state index contributed by atoms with van der Waals surface area (Å²) in [5.74, 6) is -0.603. The zero-order valence-corrected chi connectivity index (χ0v) is 12.1. The van der Waals surface area contributed by atoms with E-state index in [-0.39, 0.29) is 30.0 Å². The number of methoxy groups -OCH3 is 1. The molecule has 0 aromatic carbocycles. The highest BCUT2D eigenvalue weighted by molar-refractivity contribution is 5.94. The second-order valence-corrected chi connectivity index (χ2v) is 4.89. The van der Waals surface area contributed by atoms with Crippen molar-refractivity contribution in [2.45, 2.75) is 12.5 Å². The van der Waals surface area contributed by atoms with Crippen LogP contribution < -0.4 is 5.56 Å². The molecule has 7 heteroatoms. The minimum Gasteiger partial charge on any atom is -0.469 e. The number of nitrogens with zero attached hydrogens (tertiary/aromatic N) is 2. The molecule has 0 N–H and O–H groups in total. The predicted molar refractivity (Wildman–Crippen MR) is 74.0 cm³/mol. The number of carbonyl (C=O) groups excluding carboxylic acids is 2. The van der Waals surface area contributed by atoms with Gasteiger partial charge in [-0.15, -0.1) is 0 Å². The molecule has 114 valence electrons. The van der Waals surface area contributed by atoms with Gasteiger partial charge in [0.05, 0.1) is 26.2 Å². The molecule has 1 amide bonds. The normalized spacial score (nSPS) is 18.4. The summed E-state index contributed by atoms with van der Waals surface area (Å²) in [6.07, 6.45) is 1.29. The first-order valence-corrected chi connectivity index (χ1v) is 6.65. The first-order chi connectivity index (χ1) is 10.0. The maximum Gasteiger partial charge on any atom is 0.308 e. The van der Waals surface area contributed by atoms with Crippen molar-refractivity contribution >= 4 is 11.9 Å². The first-order valence-electron chi connectivity index (χ1n) is 6.65. The highest BCUT2D eigenvalue weighted by Gasteiger charge is 2.27. The molecule has 1 aliphatic rings. The summed E-state index contributed by atoms with van der Waals surface area (Å²) in [5.41, 5.74) is 0.108. The summed E-state index contributed by atoms with van der Waals surface area (Å²) in [4.78, 5) is 36.8. The van der Waals surface area contributed by atoms with Crippen molar-refractivity contribution in [3.63, 3.8) is 0 Å². The number of hydrogen-bond donors (Lipinski definition) is 0. The fourth-order valence-corrected chi connectivity index (χ4v) is 2.16. The van der Waals surface area contributed by atoms with Crippen LogP contribution in [0.2, 0.25) is 0 Å². The lowest BCUT2D eigenvalue weighted by atomic mass is 10.1. The van der Waals surface area contributed by atoms with Gasteiger partial charge in [0.1, 0.15) is 0 Å². The number of rotatable bonds is 3. The van der Waals surface area contributed by atoms with Crippen molar-refractivity contribution in [3.05, 3.63) is 34.2 Å². The Morgan fingerprint density at radius 1 is 1.48 bits per heavy atom. The van der Waals surface area contributed by atoms with E-state index in [0.29, 0.717) is 25.3 Å². The maximum atomic E-state index is 12.4. The molecule has 21 heavy (non-hydrogen) atoms. The van der Waals surface area contributed by atoms with E-state index in [1.807, 2.05) is 0 Å². The average molecular weight is 294 g/mol. The molecule has 2 heterocycles. The van der Waals surface area contributed by atoms with Crippen molar-refractivity contribution < 1.29 is 19.1 Å². The SMILES string of the molecule is COC(=O)CC1CN(C(=O)c2ccn(C)c(=O)c2)CCO1. The molecule has 1 aromatic heterocycles. The van der Waals surface area contributed by atoms with Gasteiger partial charge in [-0.05, 0) is 6.07 Å². The molecule has 1 fully saturated rings. The lowest BCUT2D eigenvalue weighted by Crippen LogP contribution is -2.46. The fourth-order valence-electron chi connectivity index (χ4n) is 2.16. The third-order valence-corrected chi connectivity index (χ3v) is 3.40. The van der Waals surface area contributed by atoms with Crippen molar-refractivity contribution in [2.75, 3.05) is 26.8 Å². The van der Waals surface area contributed by atoms with Gasteiger partial charge in [0.25, 0.3) is 11.5 Å². The maximum absolute atomic E-state index is 12.4. The van der Waals surface area contributed by atoms with Crippen LogP contribution >= 0.6 is 0 Å². The van der Waals surface area contributed by atoms with E-state index in [0.717, 1.165) is 0 Å². The Kier molecular flexibility index (Phi) is 4.74. The van der Waals surface area contributed by atoms with Crippen LogP contribution in [0.25, 0.3) is 0 Å². The van der Waals surface area contributed by atoms with Crippen molar-refractivity contribution in [2.24, 2.45) is 7.05 Å². The Hall–Kier alpha value is -2.15. The summed E-state index contributed by atoms with van der Waals surface area (Å²) in [6, 6.07) is 2.92. The standard InChI is InChI=1S/C14H18N2O5/c1-15-4-3-10(7-12(15)17)14(19)16-5-6-21-11(9-16)8-13(18)20-2/h3-4,7,11H,5-6,8-9H2,1-2H3. The van der Waals surface area contributed by atoms with Crippen LogP contribution in [0.1, 0.15) is 16.8 Å². The van der Waals surface area contributed by atoms with Gasteiger partial charge in [0, 0.05) is 38.0 Å². The lowest BCUT2D eigenvalue weighted by molar-refractivity contribution is -0.145. The highest BCUT2D eigenvalue weighted by Crippen LogP contribution is 2.12. The summed E-state index contributed by atoms with van der Waals surface area (Å²) in [6.45, 7) is 1.10. The number of pyridine rings is 1. The zero-order valence-electron chi connectivity index (χ0n) is 12.1. The van der Waals surface area contributed by atoms with Crippen LogP contribution in [0.4, 0.5) is 0 Å². The van der Waals surface area contributed by atoms with Gasteiger partial charge in [-0.25, -0.2) is 0 Å². The number of carbonyl (C=O) groups is 2. The lowest BCUT2D eigenvalue weighted by Gasteiger charge is -2.32. The summed E-state index contributed by atoms with van der Waals surface area (Å²) >= 11 is 0. The monoisotopic (exact) mass is 294 g/mol. The summed E-state index contributed by atoms with van der Waals surface area (Å²) < 4.78 is 11.4. The summed E-state index contributed by atoms with van der Waals surface area (Å²) in [5, 5.41) is 0. The second kappa shape index (κ2) is 6.53. The third-order valence-electron chi connectivity index (χ3n) is 3.40. The molecule has 1 saturated heterocycles. The number of esters is 1. The Morgan fingerprint density at radius 2 is 2.24 bits per heavy atom. The largest absolute Gasteiger partial charge is 0.469 e.